The summed E-state index contributed by atoms with van der Waals surface area (Å²) in [5, 5.41) is 30.1. The van der Waals surface area contributed by atoms with E-state index in [1.54, 1.807) is 12.2 Å². The van der Waals surface area contributed by atoms with Gasteiger partial charge in [-0.05, 0) is 30.7 Å². The number of aliphatic hydroxyl groups excluding tert-OH is 3. The Bertz CT molecular complexity index is 483. The summed E-state index contributed by atoms with van der Waals surface area (Å²) in [7, 11) is 0. The van der Waals surface area contributed by atoms with Crippen LogP contribution in [0.15, 0.2) is 55.1 Å². The molecule has 0 radical (unpaired) electrons. The second-order valence-electron chi connectivity index (χ2n) is 6.11. The van der Waals surface area contributed by atoms with Crippen LogP contribution < -0.4 is 0 Å². The van der Waals surface area contributed by atoms with Crippen molar-refractivity contribution in [3.8, 4) is 0 Å². The minimum absolute atomic E-state index is 0.00919. The van der Waals surface area contributed by atoms with Crippen LogP contribution in [0.3, 0.4) is 0 Å². The third-order valence-corrected chi connectivity index (χ3v) is 4.48. The highest BCUT2D eigenvalue weighted by Crippen LogP contribution is 2.36. The van der Waals surface area contributed by atoms with Crippen molar-refractivity contribution in [1.29, 1.82) is 0 Å². The zero-order valence-corrected chi connectivity index (χ0v) is 12.9. The van der Waals surface area contributed by atoms with Crippen molar-refractivity contribution in [3.05, 3.63) is 60.7 Å². The number of aryl methyl sites for hydroxylation is 1. The fraction of sp³-hybridized carbons (Fsp3) is 0.474. The fourth-order valence-electron chi connectivity index (χ4n) is 3.21. The van der Waals surface area contributed by atoms with Gasteiger partial charge in [0, 0.05) is 12.3 Å². The molecule has 3 N–H and O–H groups in total. The highest BCUT2D eigenvalue weighted by atomic mass is 16.3. The number of aliphatic hydroxyl groups is 3. The van der Waals surface area contributed by atoms with Gasteiger partial charge in [0.25, 0.3) is 0 Å². The van der Waals surface area contributed by atoms with Gasteiger partial charge in [0.05, 0.1) is 18.3 Å². The summed E-state index contributed by atoms with van der Waals surface area (Å²) in [6, 6.07) is 10.1. The Balaban J connectivity index is 1.87. The Morgan fingerprint density at radius 2 is 1.91 bits per heavy atom. The molecule has 1 aromatic carbocycles. The molecule has 0 aliphatic heterocycles. The zero-order chi connectivity index (χ0) is 15.9. The van der Waals surface area contributed by atoms with E-state index < -0.39 is 18.3 Å². The van der Waals surface area contributed by atoms with E-state index in [2.05, 4.69) is 6.58 Å². The molecule has 0 saturated heterocycles. The molecule has 120 valence electrons. The summed E-state index contributed by atoms with van der Waals surface area (Å²) in [6.07, 6.45) is 6.36. The molecule has 1 aliphatic carbocycles. The maximum Gasteiger partial charge on any atom is 0.0724 e. The van der Waals surface area contributed by atoms with E-state index in [9.17, 15) is 15.3 Å². The Hall–Kier alpha value is -1.42. The highest BCUT2D eigenvalue weighted by molar-refractivity contribution is 5.15. The number of rotatable bonds is 7. The third-order valence-electron chi connectivity index (χ3n) is 4.48. The number of hydrogen-bond donors (Lipinski definition) is 3. The van der Waals surface area contributed by atoms with E-state index in [0.29, 0.717) is 19.3 Å². The predicted molar refractivity (Wildman–Crippen MR) is 88.3 cm³/mol. The van der Waals surface area contributed by atoms with Crippen molar-refractivity contribution in [2.24, 2.45) is 11.8 Å². The SMILES string of the molecule is C=CCC1C(O)CC(O)C1/C=C/C(O)CCc1ccccc1. The molecular weight excluding hydrogens is 276 g/mol. The van der Waals surface area contributed by atoms with Crippen LogP contribution in [0.2, 0.25) is 0 Å². The standard InChI is InChI=1S/C19H26O3/c1-2-6-16-17(19(22)13-18(16)21)12-11-15(20)10-9-14-7-4-3-5-8-14/h2-5,7-8,11-12,15-22H,1,6,9-10,13H2/b12-11+. The minimum Gasteiger partial charge on any atom is -0.393 e. The Morgan fingerprint density at radius 1 is 1.18 bits per heavy atom. The molecule has 1 aromatic rings. The van der Waals surface area contributed by atoms with E-state index in [1.807, 2.05) is 36.4 Å². The van der Waals surface area contributed by atoms with Gasteiger partial charge in [-0.3, -0.25) is 0 Å². The average Bonchev–Trinajstić information content (AvgIpc) is 2.78. The summed E-state index contributed by atoms with van der Waals surface area (Å²) >= 11 is 0. The normalized spacial score (nSPS) is 29.8. The van der Waals surface area contributed by atoms with Gasteiger partial charge in [-0.2, -0.15) is 0 Å². The summed E-state index contributed by atoms with van der Waals surface area (Å²) in [5.74, 6) is -0.121. The van der Waals surface area contributed by atoms with Crippen molar-refractivity contribution in [1.82, 2.24) is 0 Å². The maximum atomic E-state index is 10.1. The Morgan fingerprint density at radius 3 is 2.59 bits per heavy atom. The second-order valence-corrected chi connectivity index (χ2v) is 6.11. The predicted octanol–water partition coefficient (Wildman–Crippen LogP) is 2.47. The molecule has 22 heavy (non-hydrogen) atoms. The Labute approximate surface area is 132 Å². The molecular formula is C19H26O3. The van der Waals surface area contributed by atoms with Crippen molar-refractivity contribution >= 4 is 0 Å². The lowest BCUT2D eigenvalue weighted by Gasteiger charge is -2.19. The van der Waals surface area contributed by atoms with Gasteiger partial charge in [-0.1, -0.05) is 48.6 Å². The smallest absolute Gasteiger partial charge is 0.0724 e. The van der Waals surface area contributed by atoms with E-state index in [0.717, 1.165) is 6.42 Å². The molecule has 0 amide bonds. The molecule has 5 unspecified atom stereocenters. The van der Waals surface area contributed by atoms with Crippen LogP contribution in [0.5, 0.6) is 0 Å². The van der Waals surface area contributed by atoms with Crippen LogP contribution in [0.25, 0.3) is 0 Å². The average molecular weight is 302 g/mol. The van der Waals surface area contributed by atoms with Crippen molar-refractivity contribution in [2.75, 3.05) is 0 Å². The summed E-state index contributed by atoms with van der Waals surface area (Å²) < 4.78 is 0. The first-order valence-electron chi connectivity index (χ1n) is 7.99. The van der Waals surface area contributed by atoms with Gasteiger partial charge in [0.1, 0.15) is 0 Å². The lowest BCUT2D eigenvalue weighted by Crippen LogP contribution is -2.20. The first-order valence-corrected chi connectivity index (χ1v) is 7.99. The minimum atomic E-state index is -0.544. The van der Waals surface area contributed by atoms with Crippen LogP contribution >= 0.6 is 0 Å². The van der Waals surface area contributed by atoms with Crippen LogP contribution in [-0.2, 0) is 6.42 Å². The lowest BCUT2D eigenvalue weighted by atomic mass is 9.90. The van der Waals surface area contributed by atoms with Gasteiger partial charge >= 0.3 is 0 Å². The lowest BCUT2D eigenvalue weighted by molar-refractivity contribution is 0.120. The van der Waals surface area contributed by atoms with Gasteiger partial charge < -0.3 is 15.3 Å². The van der Waals surface area contributed by atoms with Crippen LogP contribution in [0.1, 0.15) is 24.8 Å². The highest BCUT2D eigenvalue weighted by Gasteiger charge is 2.39. The summed E-state index contributed by atoms with van der Waals surface area (Å²) in [4.78, 5) is 0. The topological polar surface area (TPSA) is 60.7 Å². The monoisotopic (exact) mass is 302 g/mol. The molecule has 1 aliphatic rings. The molecule has 0 bridgehead atoms. The van der Waals surface area contributed by atoms with Gasteiger partial charge in [0.2, 0.25) is 0 Å². The van der Waals surface area contributed by atoms with Crippen molar-refractivity contribution in [3.63, 3.8) is 0 Å². The van der Waals surface area contributed by atoms with E-state index >= 15 is 0 Å². The molecule has 3 nitrogen and oxygen atoms in total. The second kappa shape index (κ2) is 8.28. The largest absolute Gasteiger partial charge is 0.393 e. The number of benzene rings is 1. The van der Waals surface area contributed by atoms with Gasteiger partial charge in [-0.15, -0.1) is 6.58 Å². The summed E-state index contributed by atoms with van der Waals surface area (Å²) in [6.45, 7) is 3.71. The van der Waals surface area contributed by atoms with E-state index in [4.69, 9.17) is 0 Å². The van der Waals surface area contributed by atoms with Crippen LogP contribution in [0, 0.1) is 11.8 Å². The molecule has 2 rings (SSSR count). The summed E-state index contributed by atoms with van der Waals surface area (Å²) in [5.41, 5.74) is 1.20. The van der Waals surface area contributed by atoms with E-state index in [1.165, 1.54) is 5.56 Å². The first-order chi connectivity index (χ1) is 10.6. The molecule has 1 fully saturated rings. The van der Waals surface area contributed by atoms with Crippen LogP contribution in [0.4, 0.5) is 0 Å². The molecule has 0 heterocycles. The zero-order valence-electron chi connectivity index (χ0n) is 12.9. The van der Waals surface area contributed by atoms with Gasteiger partial charge in [-0.25, -0.2) is 0 Å². The molecule has 0 spiro atoms. The fourth-order valence-corrected chi connectivity index (χ4v) is 3.21. The van der Waals surface area contributed by atoms with E-state index in [-0.39, 0.29) is 11.8 Å². The quantitative estimate of drug-likeness (QED) is 0.678. The molecule has 5 atom stereocenters. The van der Waals surface area contributed by atoms with Crippen molar-refractivity contribution < 1.29 is 15.3 Å². The third kappa shape index (κ3) is 4.54. The Kier molecular flexibility index (Phi) is 6.37. The number of hydrogen-bond acceptors (Lipinski definition) is 3. The van der Waals surface area contributed by atoms with Crippen molar-refractivity contribution in [2.45, 2.75) is 44.0 Å². The van der Waals surface area contributed by atoms with Crippen LogP contribution in [-0.4, -0.2) is 33.6 Å². The molecule has 3 heteroatoms. The molecule has 1 saturated carbocycles. The maximum absolute atomic E-state index is 10.1. The molecule has 0 aromatic heterocycles. The van der Waals surface area contributed by atoms with Gasteiger partial charge in [0.15, 0.2) is 0 Å². The first kappa shape index (κ1) is 16.9. The number of allylic oxidation sites excluding steroid dienone is 1.